The van der Waals surface area contributed by atoms with Gasteiger partial charge in [-0.05, 0) is 51.0 Å². The molecular weight excluding hydrogens is 300 g/mol. The highest BCUT2D eigenvalue weighted by Gasteiger charge is 2.17. The van der Waals surface area contributed by atoms with Crippen LogP contribution < -0.4 is 5.32 Å². The predicted octanol–water partition coefficient (Wildman–Crippen LogP) is 3.85. The summed E-state index contributed by atoms with van der Waals surface area (Å²) < 4.78 is 0. The molecule has 2 aromatic rings. The molecule has 5 nitrogen and oxygen atoms in total. The summed E-state index contributed by atoms with van der Waals surface area (Å²) >= 11 is 0. The van der Waals surface area contributed by atoms with Gasteiger partial charge >= 0.3 is 0 Å². The molecule has 0 unspecified atom stereocenters. The van der Waals surface area contributed by atoms with Gasteiger partial charge in [0.25, 0.3) is 5.91 Å². The lowest BCUT2D eigenvalue weighted by Crippen LogP contribution is -2.31. The number of rotatable bonds is 3. The van der Waals surface area contributed by atoms with Crippen molar-refractivity contribution in [3.8, 4) is 0 Å². The van der Waals surface area contributed by atoms with E-state index in [0.29, 0.717) is 11.5 Å². The quantitative estimate of drug-likeness (QED) is 0.931. The monoisotopic (exact) mass is 324 g/mol. The van der Waals surface area contributed by atoms with Gasteiger partial charge in [-0.1, -0.05) is 18.9 Å². The Labute approximate surface area is 143 Å². The number of anilines is 2. The van der Waals surface area contributed by atoms with Crippen molar-refractivity contribution in [1.29, 1.82) is 0 Å². The van der Waals surface area contributed by atoms with E-state index in [-0.39, 0.29) is 5.91 Å². The Hall–Kier alpha value is -2.43. The van der Waals surface area contributed by atoms with Gasteiger partial charge in [0, 0.05) is 35.7 Å². The molecular formula is C19H24N4O. The number of nitrogens with zero attached hydrogens (tertiary/aromatic N) is 3. The highest BCUT2D eigenvalue weighted by Crippen LogP contribution is 2.18. The van der Waals surface area contributed by atoms with Crippen LogP contribution in [0.25, 0.3) is 0 Å². The highest BCUT2D eigenvalue weighted by atomic mass is 16.2. The smallest absolute Gasteiger partial charge is 0.253 e. The Balaban J connectivity index is 1.77. The van der Waals surface area contributed by atoms with Gasteiger partial charge in [0.15, 0.2) is 0 Å². The van der Waals surface area contributed by atoms with Gasteiger partial charge in [-0.25, -0.2) is 9.97 Å². The maximum Gasteiger partial charge on any atom is 0.253 e. The molecule has 1 aliphatic heterocycles. The zero-order chi connectivity index (χ0) is 16.9. The number of likely N-dealkylation sites (tertiary alicyclic amines) is 1. The standard InChI is InChI=1S/C19H24N4O/c1-14-12-15(2)21-19(20-14)22-17-9-7-8-16(13-17)18(24)23-10-5-3-4-6-11-23/h7-9,12-13H,3-6,10-11H2,1-2H3,(H,20,21,22). The van der Waals surface area contributed by atoms with Gasteiger partial charge < -0.3 is 10.2 Å². The summed E-state index contributed by atoms with van der Waals surface area (Å²) in [6, 6.07) is 9.52. The van der Waals surface area contributed by atoms with Crippen molar-refractivity contribution in [2.75, 3.05) is 18.4 Å². The minimum absolute atomic E-state index is 0.113. The molecule has 0 saturated carbocycles. The van der Waals surface area contributed by atoms with E-state index >= 15 is 0 Å². The lowest BCUT2D eigenvalue weighted by atomic mass is 10.1. The minimum Gasteiger partial charge on any atom is -0.339 e. The van der Waals surface area contributed by atoms with Crippen LogP contribution in [0.1, 0.15) is 47.4 Å². The van der Waals surface area contributed by atoms with Crippen LogP contribution in [0.2, 0.25) is 0 Å². The van der Waals surface area contributed by atoms with E-state index in [1.807, 2.05) is 49.1 Å². The molecule has 1 aromatic carbocycles. The van der Waals surface area contributed by atoms with E-state index in [9.17, 15) is 4.79 Å². The van der Waals surface area contributed by atoms with Crippen LogP contribution in [0, 0.1) is 13.8 Å². The first-order valence-electron chi connectivity index (χ1n) is 8.60. The maximum absolute atomic E-state index is 12.7. The summed E-state index contributed by atoms with van der Waals surface area (Å²) in [6.07, 6.45) is 4.63. The average molecular weight is 324 g/mol. The van der Waals surface area contributed by atoms with Crippen molar-refractivity contribution in [3.05, 3.63) is 47.3 Å². The third kappa shape index (κ3) is 4.10. The minimum atomic E-state index is 0.113. The highest BCUT2D eigenvalue weighted by molar-refractivity contribution is 5.95. The number of hydrogen-bond acceptors (Lipinski definition) is 4. The number of nitrogens with one attached hydrogen (secondary N) is 1. The Bertz CT molecular complexity index is 701. The van der Waals surface area contributed by atoms with Crippen LogP contribution >= 0.6 is 0 Å². The molecule has 0 atom stereocenters. The second-order valence-electron chi connectivity index (χ2n) is 6.39. The Morgan fingerprint density at radius 3 is 2.33 bits per heavy atom. The summed E-state index contributed by atoms with van der Waals surface area (Å²) in [5.41, 5.74) is 3.38. The van der Waals surface area contributed by atoms with E-state index in [1.54, 1.807) is 0 Å². The number of aryl methyl sites for hydroxylation is 2. The number of hydrogen-bond donors (Lipinski definition) is 1. The molecule has 1 aliphatic rings. The fourth-order valence-electron chi connectivity index (χ4n) is 3.10. The number of amides is 1. The molecule has 2 heterocycles. The van der Waals surface area contributed by atoms with E-state index < -0.39 is 0 Å². The molecule has 0 radical (unpaired) electrons. The van der Waals surface area contributed by atoms with Crippen LogP contribution in [0.15, 0.2) is 30.3 Å². The third-order valence-electron chi connectivity index (χ3n) is 4.24. The number of carbonyl (C=O) groups is 1. The van der Waals surface area contributed by atoms with Crippen molar-refractivity contribution >= 4 is 17.5 Å². The van der Waals surface area contributed by atoms with E-state index in [2.05, 4.69) is 15.3 Å². The topological polar surface area (TPSA) is 58.1 Å². The zero-order valence-corrected chi connectivity index (χ0v) is 14.4. The van der Waals surface area contributed by atoms with Crippen LogP contribution in [-0.2, 0) is 0 Å². The van der Waals surface area contributed by atoms with Crippen LogP contribution in [0.4, 0.5) is 11.6 Å². The summed E-state index contributed by atoms with van der Waals surface area (Å²) in [7, 11) is 0. The van der Waals surface area contributed by atoms with Gasteiger partial charge in [0.1, 0.15) is 0 Å². The van der Waals surface area contributed by atoms with Crippen molar-refractivity contribution in [2.24, 2.45) is 0 Å². The van der Waals surface area contributed by atoms with Crippen LogP contribution in [-0.4, -0.2) is 33.9 Å². The Morgan fingerprint density at radius 1 is 1.00 bits per heavy atom. The normalized spacial score (nSPS) is 15.0. The lowest BCUT2D eigenvalue weighted by molar-refractivity contribution is 0.0761. The lowest BCUT2D eigenvalue weighted by Gasteiger charge is -2.20. The first-order chi connectivity index (χ1) is 11.6. The number of benzene rings is 1. The Morgan fingerprint density at radius 2 is 1.67 bits per heavy atom. The number of aromatic nitrogens is 2. The van der Waals surface area contributed by atoms with E-state index in [1.165, 1.54) is 12.8 Å². The fraction of sp³-hybridized carbons (Fsp3) is 0.421. The molecule has 126 valence electrons. The summed E-state index contributed by atoms with van der Waals surface area (Å²) in [5.74, 6) is 0.675. The molecule has 5 heteroatoms. The summed E-state index contributed by atoms with van der Waals surface area (Å²) in [6.45, 7) is 5.60. The molecule has 1 aromatic heterocycles. The molecule has 1 amide bonds. The van der Waals surface area contributed by atoms with Crippen molar-refractivity contribution < 1.29 is 4.79 Å². The zero-order valence-electron chi connectivity index (χ0n) is 14.4. The molecule has 1 N–H and O–H groups in total. The summed E-state index contributed by atoms with van der Waals surface area (Å²) in [4.78, 5) is 23.5. The second kappa shape index (κ2) is 7.43. The second-order valence-corrected chi connectivity index (χ2v) is 6.39. The molecule has 0 aliphatic carbocycles. The maximum atomic E-state index is 12.7. The fourth-order valence-corrected chi connectivity index (χ4v) is 3.10. The van der Waals surface area contributed by atoms with E-state index in [0.717, 1.165) is 43.0 Å². The predicted molar refractivity (Wildman–Crippen MR) is 95.6 cm³/mol. The molecule has 24 heavy (non-hydrogen) atoms. The SMILES string of the molecule is Cc1cc(C)nc(Nc2cccc(C(=O)N3CCCCCC3)c2)n1. The van der Waals surface area contributed by atoms with Gasteiger partial charge in [-0.3, -0.25) is 4.79 Å². The van der Waals surface area contributed by atoms with Crippen LogP contribution in [0.3, 0.4) is 0 Å². The number of carbonyl (C=O) groups excluding carboxylic acids is 1. The molecule has 0 spiro atoms. The average Bonchev–Trinajstić information content (AvgIpc) is 2.82. The van der Waals surface area contributed by atoms with Gasteiger partial charge in [-0.15, -0.1) is 0 Å². The van der Waals surface area contributed by atoms with Crippen molar-refractivity contribution in [2.45, 2.75) is 39.5 Å². The first-order valence-corrected chi connectivity index (χ1v) is 8.60. The molecule has 3 rings (SSSR count). The van der Waals surface area contributed by atoms with Crippen LogP contribution in [0.5, 0.6) is 0 Å². The van der Waals surface area contributed by atoms with E-state index in [4.69, 9.17) is 0 Å². The van der Waals surface area contributed by atoms with Gasteiger partial charge in [0.2, 0.25) is 5.95 Å². The largest absolute Gasteiger partial charge is 0.339 e. The summed E-state index contributed by atoms with van der Waals surface area (Å²) in [5, 5.41) is 3.20. The molecule has 0 bridgehead atoms. The molecule has 1 fully saturated rings. The van der Waals surface area contributed by atoms with Gasteiger partial charge in [0.05, 0.1) is 0 Å². The van der Waals surface area contributed by atoms with Crippen molar-refractivity contribution in [3.63, 3.8) is 0 Å². The first kappa shape index (κ1) is 16.4. The third-order valence-corrected chi connectivity index (χ3v) is 4.24. The van der Waals surface area contributed by atoms with Gasteiger partial charge in [-0.2, -0.15) is 0 Å². The molecule has 1 saturated heterocycles. The Kier molecular flexibility index (Phi) is 5.08. The van der Waals surface area contributed by atoms with Crippen molar-refractivity contribution in [1.82, 2.24) is 14.9 Å².